The molecule has 2 aliphatic heterocycles. The Morgan fingerprint density at radius 2 is 1.79 bits per heavy atom. The maximum absolute atomic E-state index is 12.4. The van der Waals surface area contributed by atoms with Crippen molar-refractivity contribution in [1.82, 2.24) is 4.90 Å². The number of nitrogens with zero attached hydrogens (tertiary/aromatic N) is 1. The van der Waals surface area contributed by atoms with Crippen LogP contribution >= 0.6 is 0 Å². The summed E-state index contributed by atoms with van der Waals surface area (Å²) in [6.07, 6.45) is 7.49. The molecular formula is C21H37NO2. The Hall–Kier alpha value is -1.35. The van der Waals surface area contributed by atoms with Crippen molar-refractivity contribution in [3.05, 3.63) is 36.5 Å². The molecule has 0 aliphatic carbocycles. The third-order valence-electron chi connectivity index (χ3n) is 4.01. The van der Waals surface area contributed by atoms with Crippen LogP contribution in [-0.4, -0.2) is 36.6 Å². The molecule has 0 N–H and O–H groups in total. The summed E-state index contributed by atoms with van der Waals surface area (Å²) in [5, 5.41) is 0. The maximum Gasteiger partial charge on any atom is 0.252 e. The molecule has 1 saturated heterocycles. The highest BCUT2D eigenvalue weighted by Gasteiger charge is 2.30. The fourth-order valence-electron chi connectivity index (χ4n) is 2.70. The number of allylic oxidation sites excluding steroid dienone is 1. The van der Waals surface area contributed by atoms with Gasteiger partial charge in [0.2, 0.25) is 0 Å². The number of rotatable bonds is 3. The van der Waals surface area contributed by atoms with Crippen LogP contribution in [-0.2, 0) is 9.53 Å². The molecule has 0 bridgehead atoms. The van der Waals surface area contributed by atoms with Gasteiger partial charge in [-0.2, -0.15) is 0 Å². The highest BCUT2D eigenvalue weighted by atomic mass is 16.5. The minimum absolute atomic E-state index is 0.134. The number of hydrogen-bond donors (Lipinski definition) is 0. The van der Waals surface area contributed by atoms with Gasteiger partial charge in [-0.25, -0.2) is 0 Å². The van der Waals surface area contributed by atoms with Crippen molar-refractivity contribution in [1.29, 1.82) is 0 Å². The lowest BCUT2D eigenvalue weighted by Gasteiger charge is -2.34. The standard InChI is InChI=1S/C16H23NO2.C3H8.C2H6/c1-4-13-8-9-17(10-14(13)5-2)16(18)15-7-6-12(3)11-19-15;1-3-2;1-2/h4-5,12,15H,1-2,6-11H2,3H3;3H2,1-2H3;1-2H3/t12-,15+;;/m0../s1. The Morgan fingerprint density at radius 1 is 1.21 bits per heavy atom. The first-order chi connectivity index (χ1) is 11.6. The Morgan fingerprint density at radius 3 is 2.25 bits per heavy atom. The van der Waals surface area contributed by atoms with Gasteiger partial charge in [-0.15, -0.1) is 0 Å². The van der Waals surface area contributed by atoms with Gasteiger partial charge in [0.15, 0.2) is 0 Å². The molecule has 3 heteroatoms. The zero-order valence-electron chi connectivity index (χ0n) is 16.4. The lowest BCUT2D eigenvalue weighted by atomic mass is 9.97. The summed E-state index contributed by atoms with van der Waals surface area (Å²) in [7, 11) is 0. The van der Waals surface area contributed by atoms with Gasteiger partial charge in [0.05, 0.1) is 6.61 Å². The summed E-state index contributed by atoms with van der Waals surface area (Å²) in [6.45, 7) is 20.1. The molecule has 2 aliphatic rings. The van der Waals surface area contributed by atoms with Crippen molar-refractivity contribution in [3.63, 3.8) is 0 Å². The fraction of sp³-hybridized carbons (Fsp3) is 0.667. The summed E-state index contributed by atoms with van der Waals surface area (Å²) in [5.74, 6) is 0.704. The first-order valence-electron chi connectivity index (χ1n) is 9.44. The molecule has 0 aromatic rings. The van der Waals surface area contributed by atoms with Crippen molar-refractivity contribution in [2.75, 3.05) is 19.7 Å². The average Bonchev–Trinajstić information content (AvgIpc) is 2.63. The largest absolute Gasteiger partial charge is 0.368 e. The highest BCUT2D eigenvalue weighted by molar-refractivity contribution is 5.81. The number of carbonyl (C=O) groups excluding carboxylic acids is 1. The van der Waals surface area contributed by atoms with Crippen LogP contribution in [0.2, 0.25) is 0 Å². The molecular weight excluding hydrogens is 298 g/mol. The van der Waals surface area contributed by atoms with E-state index in [1.807, 2.05) is 30.9 Å². The molecule has 1 amide bonds. The quantitative estimate of drug-likeness (QED) is 0.714. The molecule has 3 nitrogen and oxygen atoms in total. The van der Waals surface area contributed by atoms with E-state index in [0.717, 1.165) is 31.4 Å². The van der Waals surface area contributed by atoms with Gasteiger partial charge in [-0.05, 0) is 36.3 Å². The van der Waals surface area contributed by atoms with Crippen molar-refractivity contribution in [2.45, 2.75) is 66.4 Å². The van der Waals surface area contributed by atoms with Gasteiger partial charge in [0, 0.05) is 13.1 Å². The number of hydrogen-bond acceptors (Lipinski definition) is 2. The molecule has 2 atom stereocenters. The van der Waals surface area contributed by atoms with Gasteiger partial charge in [-0.3, -0.25) is 4.79 Å². The Bertz CT molecular complexity index is 418. The molecule has 2 heterocycles. The zero-order valence-corrected chi connectivity index (χ0v) is 16.4. The van der Waals surface area contributed by atoms with Crippen LogP contribution in [0, 0.1) is 5.92 Å². The van der Waals surface area contributed by atoms with Crippen molar-refractivity contribution >= 4 is 5.91 Å². The Balaban J connectivity index is 0.000000952. The van der Waals surface area contributed by atoms with Crippen LogP contribution < -0.4 is 0 Å². The molecule has 0 saturated carbocycles. The van der Waals surface area contributed by atoms with Crippen LogP contribution in [0.5, 0.6) is 0 Å². The van der Waals surface area contributed by atoms with E-state index in [0.29, 0.717) is 19.1 Å². The zero-order chi connectivity index (χ0) is 18.5. The highest BCUT2D eigenvalue weighted by Crippen LogP contribution is 2.24. The monoisotopic (exact) mass is 335 g/mol. The van der Waals surface area contributed by atoms with Gasteiger partial charge in [-0.1, -0.05) is 66.3 Å². The van der Waals surface area contributed by atoms with Gasteiger partial charge < -0.3 is 9.64 Å². The van der Waals surface area contributed by atoms with E-state index < -0.39 is 0 Å². The number of ether oxygens (including phenoxy) is 1. The summed E-state index contributed by atoms with van der Waals surface area (Å²) < 4.78 is 5.67. The van der Waals surface area contributed by atoms with Crippen LogP contribution in [0.3, 0.4) is 0 Å². The SMILES string of the molecule is C=CC1=C(C=C)CN(C(=O)[C@H]2CC[C@H](C)CO2)CC1.CC.CCC. The minimum Gasteiger partial charge on any atom is -0.368 e. The van der Waals surface area contributed by atoms with E-state index in [4.69, 9.17) is 4.74 Å². The summed E-state index contributed by atoms with van der Waals surface area (Å²) in [5.41, 5.74) is 2.32. The third kappa shape index (κ3) is 7.04. The Kier molecular flexibility index (Phi) is 12.3. The second kappa shape index (κ2) is 13.0. The second-order valence-corrected chi connectivity index (χ2v) is 6.18. The molecule has 0 aromatic carbocycles. The van der Waals surface area contributed by atoms with Crippen molar-refractivity contribution in [3.8, 4) is 0 Å². The topological polar surface area (TPSA) is 29.5 Å². The number of amides is 1. The number of carbonyl (C=O) groups is 1. The third-order valence-corrected chi connectivity index (χ3v) is 4.01. The lowest BCUT2D eigenvalue weighted by Crippen LogP contribution is -2.45. The predicted molar refractivity (Wildman–Crippen MR) is 104 cm³/mol. The van der Waals surface area contributed by atoms with E-state index in [1.165, 1.54) is 12.0 Å². The fourth-order valence-corrected chi connectivity index (χ4v) is 2.70. The van der Waals surface area contributed by atoms with Gasteiger partial charge in [0.1, 0.15) is 6.10 Å². The van der Waals surface area contributed by atoms with Gasteiger partial charge >= 0.3 is 0 Å². The van der Waals surface area contributed by atoms with Crippen LogP contribution in [0.25, 0.3) is 0 Å². The van der Waals surface area contributed by atoms with E-state index >= 15 is 0 Å². The van der Waals surface area contributed by atoms with Crippen LogP contribution in [0.1, 0.15) is 60.3 Å². The van der Waals surface area contributed by atoms with Crippen LogP contribution in [0.15, 0.2) is 36.5 Å². The van der Waals surface area contributed by atoms with E-state index in [9.17, 15) is 4.79 Å². The van der Waals surface area contributed by atoms with Crippen molar-refractivity contribution < 1.29 is 9.53 Å². The maximum atomic E-state index is 12.4. The van der Waals surface area contributed by atoms with Gasteiger partial charge in [0.25, 0.3) is 5.91 Å². The van der Waals surface area contributed by atoms with E-state index in [1.54, 1.807) is 0 Å². The molecule has 0 spiro atoms. The molecule has 0 radical (unpaired) electrons. The summed E-state index contributed by atoms with van der Waals surface area (Å²) >= 11 is 0. The smallest absolute Gasteiger partial charge is 0.252 e. The minimum atomic E-state index is -0.243. The molecule has 24 heavy (non-hydrogen) atoms. The van der Waals surface area contributed by atoms with E-state index in [-0.39, 0.29) is 12.0 Å². The lowest BCUT2D eigenvalue weighted by molar-refractivity contribution is -0.148. The molecule has 0 aromatic heterocycles. The first-order valence-corrected chi connectivity index (χ1v) is 9.44. The predicted octanol–water partition coefficient (Wildman–Crippen LogP) is 5.14. The Labute approximate surface area is 149 Å². The van der Waals surface area contributed by atoms with Crippen LogP contribution in [0.4, 0.5) is 0 Å². The average molecular weight is 336 g/mol. The van der Waals surface area contributed by atoms with E-state index in [2.05, 4.69) is 33.9 Å². The molecule has 0 unspecified atom stereocenters. The molecule has 138 valence electrons. The molecule has 2 rings (SSSR count). The molecule has 1 fully saturated rings. The second-order valence-electron chi connectivity index (χ2n) is 6.18. The normalized spacial score (nSPS) is 23.3. The summed E-state index contributed by atoms with van der Waals surface area (Å²) in [6, 6.07) is 0. The first kappa shape index (κ1) is 22.6. The van der Waals surface area contributed by atoms with Crippen molar-refractivity contribution in [2.24, 2.45) is 5.92 Å². The summed E-state index contributed by atoms with van der Waals surface area (Å²) in [4.78, 5) is 14.3.